The van der Waals surface area contributed by atoms with Gasteiger partial charge in [-0.05, 0) is 45.5 Å². The third kappa shape index (κ3) is 46.1. The highest BCUT2D eigenvalue weighted by Gasteiger charge is 2.27. The van der Waals surface area contributed by atoms with Crippen LogP contribution in [0.3, 0.4) is 0 Å². The predicted octanol–water partition coefficient (Wildman–Crippen LogP) is 2.03. The second kappa shape index (κ2) is 51.5. The highest BCUT2D eigenvalue weighted by Crippen LogP contribution is 2.05. The maximum atomic E-state index is 12.8. The standard InChI is InChI=1S/C32H65N9O9.C8H8O2.3C2H6/c1-25(2)29(31(45)38-26(30(33)44)7-6-10-37-32(34)46)39-28(43)9-18-48-20-22-50-24-23-49-21-19-47-17-8-27(42)36-12-14-41(13-11-35-3)16-15-40(4)5;9-7-10-6-8-4-2-1-3-5-8;3*1-2/h25-26,29,35H,6-24H2,1-5H3,(H2,33,44)(H,36,42)(H,38,45)(H,39,43)(H3,34,37,46);1-5,7H,6H2;3*1-2H3. The van der Waals surface area contributed by atoms with Gasteiger partial charge in [-0.3, -0.25) is 28.9 Å². The molecule has 0 fully saturated rings. The monoisotopic (exact) mass is 946 g/mol. The number of urea groups is 1. The van der Waals surface area contributed by atoms with E-state index >= 15 is 0 Å². The summed E-state index contributed by atoms with van der Waals surface area (Å²) in [6.07, 6.45) is 0.903. The Balaban J connectivity index is -0.00000102. The SMILES string of the molecule is CC.CC.CC.CNCCN(CCNC(=O)CCOCCOCCOCCOCCC(=O)NC(C(=O)NC(CCCNC(N)=O)C(N)=O)C(C)C)CCN(C)C.O=COCc1ccccc1. The van der Waals surface area contributed by atoms with Crippen LogP contribution >= 0.6 is 0 Å². The van der Waals surface area contributed by atoms with Crippen molar-refractivity contribution in [2.24, 2.45) is 17.4 Å². The van der Waals surface area contributed by atoms with E-state index in [1.807, 2.05) is 93.0 Å². The molecule has 1 aromatic rings. The number of carbonyl (C=O) groups is 6. The number of rotatable bonds is 36. The van der Waals surface area contributed by atoms with Crippen molar-refractivity contribution in [1.29, 1.82) is 0 Å². The van der Waals surface area contributed by atoms with Crippen molar-refractivity contribution >= 4 is 36.1 Å². The van der Waals surface area contributed by atoms with Crippen molar-refractivity contribution < 1.29 is 52.5 Å². The van der Waals surface area contributed by atoms with Gasteiger partial charge in [0.2, 0.25) is 23.6 Å². The summed E-state index contributed by atoms with van der Waals surface area (Å²) in [7, 11) is 6.03. The third-order valence-electron chi connectivity index (χ3n) is 8.41. The van der Waals surface area contributed by atoms with E-state index in [1.165, 1.54) is 0 Å². The molecule has 0 heterocycles. The lowest BCUT2D eigenvalue weighted by atomic mass is 10.0. The fourth-order valence-electron chi connectivity index (χ4n) is 5.03. The maximum Gasteiger partial charge on any atom is 0.312 e. The van der Waals surface area contributed by atoms with Gasteiger partial charge in [-0.25, -0.2) is 4.79 Å². The molecule has 0 spiro atoms. The molecule has 0 aliphatic heterocycles. The molecule has 0 aliphatic carbocycles. The summed E-state index contributed by atoms with van der Waals surface area (Å²) in [5.41, 5.74) is 11.4. The highest BCUT2D eigenvalue weighted by atomic mass is 16.6. The van der Waals surface area contributed by atoms with Gasteiger partial charge >= 0.3 is 6.03 Å². The zero-order chi connectivity index (χ0) is 50.8. The molecule has 66 heavy (non-hydrogen) atoms. The van der Waals surface area contributed by atoms with Crippen LogP contribution in [0.2, 0.25) is 0 Å². The summed E-state index contributed by atoms with van der Waals surface area (Å²) in [4.78, 5) is 74.1. The number of nitrogens with one attached hydrogen (secondary N) is 5. The Kier molecular flexibility index (Phi) is 53.2. The number of primary amides is 2. The Morgan fingerprint density at radius 3 is 1.65 bits per heavy atom. The minimum atomic E-state index is -0.957. The van der Waals surface area contributed by atoms with E-state index in [9.17, 15) is 28.8 Å². The molecule has 0 bridgehead atoms. The molecule has 2 atom stereocenters. The van der Waals surface area contributed by atoms with Gasteiger partial charge in [0, 0.05) is 58.7 Å². The molecule has 20 heteroatoms. The van der Waals surface area contributed by atoms with Gasteiger partial charge in [-0.1, -0.05) is 85.7 Å². The van der Waals surface area contributed by atoms with E-state index in [0.29, 0.717) is 72.1 Å². The first-order chi connectivity index (χ1) is 31.8. The van der Waals surface area contributed by atoms with Crippen LogP contribution < -0.4 is 38.1 Å². The number of carbonyl (C=O) groups excluding carboxylic acids is 6. The molecule has 386 valence electrons. The molecular weight excluding hydrogens is 855 g/mol. The van der Waals surface area contributed by atoms with Crippen LogP contribution in [0.4, 0.5) is 4.79 Å². The molecule has 0 radical (unpaired) electrons. The molecule has 20 nitrogen and oxygen atoms in total. The Hall–Kier alpha value is -4.44. The summed E-state index contributed by atoms with van der Waals surface area (Å²) < 4.78 is 26.4. The lowest BCUT2D eigenvalue weighted by molar-refractivity contribution is -0.132. The van der Waals surface area contributed by atoms with Crippen molar-refractivity contribution in [3.05, 3.63) is 35.9 Å². The van der Waals surface area contributed by atoms with Crippen molar-refractivity contribution in [3.63, 3.8) is 0 Å². The van der Waals surface area contributed by atoms with Crippen LogP contribution in [0.5, 0.6) is 0 Å². The second-order valence-corrected chi connectivity index (χ2v) is 14.1. The molecule has 0 aromatic heterocycles. The quantitative estimate of drug-likeness (QED) is 0.0375. The molecule has 9 N–H and O–H groups in total. The number of ether oxygens (including phenoxy) is 5. The summed E-state index contributed by atoms with van der Waals surface area (Å²) in [6.45, 7) is 24.3. The first-order valence-electron chi connectivity index (χ1n) is 23.4. The molecule has 1 aromatic carbocycles. The molecule has 2 unspecified atom stereocenters. The van der Waals surface area contributed by atoms with Crippen molar-refractivity contribution in [1.82, 2.24) is 36.4 Å². The molecule has 1 rings (SSSR count). The van der Waals surface area contributed by atoms with Gasteiger partial charge in [-0.2, -0.15) is 0 Å². The predicted molar refractivity (Wildman–Crippen MR) is 260 cm³/mol. The minimum absolute atomic E-state index is 0.0337. The van der Waals surface area contributed by atoms with Gasteiger partial charge in [-0.15, -0.1) is 0 Å². The smallest absolute Gasteiger partial charge is 0.312 e. The van der Waals surface area contributed by atoms with E-state index in [-0.39, 0.29) is 50.3 Å². The average Bonchev–Trinajstić information content (AvgIpc) is 3.31. The van der Waals surface area contributed by atoms with Crippen molar-refractivity contribution in [2.75, 3.05) is 120 Å². The molecular formula is C46H91N9O11. The lowest BCUT2D eigenvalue weighted by Gasteiger charge is -2.24. The number of likely N-dealkylation sites (N-methyl/N-ethyl adjacent to an activating group) is 2. The third-order valence-corrected chi connectivity index (χ3v) is 8.41. The lowest BCUT2D eigenvalue weighted by Crippen LogP contribution is -2.54. The van der Waals surface area contributed by atoms with Crippen LogP contribution in [0, 0.1) is 5.92 Å². The maximum absolute atomic E-state index is 12.8. The first-order valence-corrected chi connectivity index (χ1v) is 23.4. The summed E-state index contributed by atoms with van der Waals surface area (Å²) in [6, 6.07) is 7.03. The topological polar surface area (TPSA) is 267 Å². The Labute approximate surface area is 397 Å². The van der Waals surface area contributed by atoms with Crippen LogP contribution in [-0.2, 0) is 54.3 Å². The molecule has 0 saturated carbocycles. The summed E-state index contributed by atoms with van der Waals surface area (Å²) in [5.74, 6) is -1.92. The van der Waals surface area contributed by atoms with E-state index in [2.05, 4.69) is 41.1 Å². The van der Waals surface area contributed by atoms with Crippen LogP contribution in [0.1, 0.15) is 86.6 Å². The van der Waals surface area contributed by atoms with E-state index in [0.717, 1.165) is 38.3 Å². The second-order valence-electron chi connectivity index (χ2n) is 14.1. The summed E-state index contributed by atoms with van der Waals surface area (Å²) in [5, 5.41) is 13.8. The van der Waals surface area contributed by atoms with Gasteiger partial charge in [0.05, 0.1) is 52.9 Å². The van der Waals surface area contributed by atoms with Crippen LogP contribution in [0.15, 0.2) is 30.3 Å². The van der Waals surface area contributed by atoms with E-state index < -0.39 is 29.9 Å². The normalized spacial score (nSPS) is 11.1. The number of amides is 6. The highest BCUT2D eigenvalue weighted by molar-refractivity contribution is 5.91. The van der Waals surface area contributed by atoms with Crippen molar-refractivity contribution in [2.45, 2.75) is 99.8 Å². The Morgan fingerprint density at radius 2 is 1.18 bits per heavy atom. The van der Waals surface area contributed by atoms with E-state index in [1.54, 1.807) is 13.8 Å². The average molecular weight is 946 g/mol. The minimum Gasteiger partial charge on any atom is -0.463 e. The first kappa shape index (κ1) is 68.1. The van der Waals surface area contributed by atoms with Gasteiger partial charge < -0.3 is 66.6 Å². The van der Waals surface area contributed by atoms with Gasteiger partial charge in [0.1, 0.15) is 18.7 Å². The van der Waals surface area contributed by atoms with Crippen LogP contribution in [-0.4, -0.2) is 178 Å². The number of hydrogen-bond acceptors (Lipinski definition) is 14. The number of hydrogen-bond donors (Lipinski definition) is 7. The van der Waals surface area contributed by atoms with Crippen LogP contribution in [0.25, 0.3) is 0 Å². The molecule has 0 saturated heterocycles. The number of nitrogens with two attached hydrogens (primary N) is 2. The fourth-order valence-corrected chi connectivity index (χ4v) is 5.03. The summed E-state index contributed by atoms with van der Waals surface area (Å²) >= 11 is 0. The Morgan fingerprint density at radius 1 is 0.667 bits per heavy atom. The van der Waals surface area contributed by atoms with Gasteiger partial charge in [0.15, 0.2) is 0 Å². The fraction of sp³-hybridized carbons (Fsp3) is 0.739. The number of nitrogens with zero attached hydrogens (tertiary/aromatic N) is 2. The molecule has 6 amide bonds. The Bertz CT molecular complexity index is 1300. The zero-order valence-corrected chi connectivity index (χ0v) is 42.4. The number of benzene rings is 1. The largest absolute Gasteiger partial charge is 0.463 e. The van der Waals surface area contributed by atoms with E-state index in [4.69, 9.17) is 30.4 Å². The molecule has 0 aliphatic rings. The zero-order valence-electron chi connectivity index (χ0n) is 42.4. The van der Waals surface area contributed by atoms with Gasteiger partial charge in [0.25, 0.3) is 6.47 Å². The van der Waals surface area contributed by atoms with Crippen molar-refractivity contribution in [3.8, 4) is 0 Å².